The highest BCUT2D eigenvalue weighted by molar-refractivity contribution is 6.30. The van der Waals surface area contributed by atoms with Crippen molar-refractivity contribution in [3.8, 4) is 0 Å². The molecule has 2 heterocycles. The van der Waals surface area contributed by atoms with Gasteiger partial charge in [0.15, 0.2) is 0 Å². The number of rotatable bonds is 4. The first-order chi connectivity index (χ1) is 11.1. The highest BCUT2D eigenvalue weighted by atomic mass is 35.5. The largest absolute Gasteiger partial charge is 0.336 e. The van der Waals surface area contributed by atoms with Gasteiger partial charge in [-0.15, -0.1) is 0 Å². The first kappa shape index (κ1) is 16.1. The van der Waals surface area contributed by atoms with E-state index in [1.807, 2.05) is 36.4 Å². The fourth-order valence-electron chi connectivity index (χ4n) is 3.28. The smallest absolute Gasteiger partial charge is 0.254 e. The first-order valence-electron chi connectivity index (χ1n) is 8.19. The normalized spacial score (nSPS) is 18.2. The average Bonchev–Trinajstić information content (AvgIpc) is 2.97. The SMILES string of the molecule is Cc1nccn1CC[C@H]1CCCCN1C(=O)c1cccc(Cl)c1. The van der Waals surface area contributed by atoms with Crippen LogP contribution in [0.25, 0.3) is 0 Å². The van der Waals surface area contributed by atoms with Gasteiger partial charge >= 0.3 is 0 Å². The lowest BCUT2D eigenvalue weighted by Gasteiger charge is -2.36. The molecule has 0 unspecified atom stereocenters. The monoisotopic (exact) mass is 331 g/mol. The molecule has 3 rings (SSSR count). The van der Waals surface area contributed by atoms with E-state index in [1.54, 1.807) is 12.1 Å². The Labute approximate surface area is 142 Å². The molecule has 1 fully saturated rings. The molecule has 0 spiro atoms. The van der Waals surface area contributed by atoms with E-state index in [9.17, 15) is 4.79 Å². The highest BCUT2D eigenvalue weighted by Gasteiger charge is 2.27. The van der Waals surface area contributed by atoms with Gasteiger partial charge in [0.05, 0.1) is 0 Å². The Bertz CT molecular complexity index is 682. The summed E-state index contributed by atoms with van der Waals surface area (Å²) >= 11 is 6.03. The number of piperidine rings is 1. The van der Waals surface area contributed by atoms with E-state index in [0.717, 1.165) is 38.2 Å². The van der Waals surface area contributed by atoms with Crippen molar-refractivity contribution in [1.29, 1.82) is 0 Å². The number of halogens is 1. The van der Waals surface area contributed by atoms with Crippen LogP contribution in [0.2, 0.25) is 5.02 Å². The number of hydrogen-bond acceptors (Lipinski definition) is 2. The molecule has 1 amide bonds. The molecule has 0 saturated carbocycles. The third kappa shape index (κ3) is 3.75. The van der Waals surface area contributed by atoms with E-state index in [-0.39, 0.29) is 11.9 Å². The standard InChI is InChI=1S/C18H22ClN3O/c1-14-20-9-12-21(14)11-8-17-7-2-3-10-22(17)18(23)15-5-4-6-16(19)13-15/h4-6,9,12-13,17H,2-3,7-8,10-11H2,1H3/t17-/m1/s1. The van der Waals surface area contributed by atoms with Crippen LogP contribution in [-0.2, 0) is 6.54 Å². The first-order valence-corrected chi connectivity index (χ1v) is 8.57. The van der Waals surface area contributed by atoms with Gasteiger partial charge in [0.1, 0.15) is 5.82 Å². The summed E-state index contributed by atoms with van der Waals surface area (Å²) < 4.78 is 2.15. The molecule has 0 aliphatic carbocycles. The van der Waals surface area contributed by atoms with Gasteiger partial charge in [-0.2, -0.15) is 0 Å². The van der Waals surface area contributed by atoms with Crippen LogP contribution in [0.4, 0.5) is 0 Å². The van der Waals surface area contributed by atoms with Crippen molar-refractivity contribution in [2.45, 2.75) is 45.2 Å². The Kier molecular flexibility index (Phi) is 5.01. The number of imidazole rings is 1. The number of benzene rings is 1. The van der Waals surface area contributed by atoms with Crippen molar-refractivity contribution in [2.24, 2.45) is 0 Å². The van der Waals surface area contributed by atoms with Crippen molar-refractivity contribution in [2.75, 3.05) is 6.54 Å². The minimum Gasteiger partial charge on any atom is -0.336 e. The molecule has 5 heteroatoms. The molecular weight excluding hydrogens is 310 g/mol. The van der Waals surface area contributed by atoms with Crippen LogP contribution in [0, 0.1) is 6.92 Å². The average molecular weight is 332 g/mol. The van der Waals surface area contributed by atoms with E-state index in [2.05, 4.69) is 9.55 Å². The fourth-order valence-corrected chi connectivity index (χ4v) is 3.47. The number of carbonyl (C=O) groups is 1. The van der Waals surface area contributed by atoms with Crippen molar-refractivity contribution < 1.29 is 4.79 Å². The summed E-state index contributed by atoms with van der Waals surface area (Å²) in [7, 11) is 0. The third-order valence-corrected chi connectivity index (χ3v) is 4.82. The van der Waals surface area contributed by atoms with Gasteiger partial charge in [-0.1, -0.05) is 17.7 Å². The van der Waals surface area contributed by atoms with E-state index < -0.39 is 0 Å². The summed E-state index contributed by atoms with van der Waals surface area (Å²) in [6, 6.07) is 7.53. The molecule has 1 saturated heterocycles. The molecule has 0 N–H and O–H groups in total. The minimum atomic E-state index is 0.0968. The predicted octanol–water partition coefficient (Wildman–Crippen LogP) is 3.93. The molecule has 0 bridgehead atoms. The molecule has 1 aliphatic rings. The molecule has 1 atom stereocenters. The van der Waals surface area contributed by atoms with Crippen LogP contribution in [0.5, 0.6) is 0 Å². The zero-order valence-corrected chi connectivity index (χ0v) is 14.2. The minimum absolute atomic E-state index is 0.0968. The number of carbonyl (C=O) groups excluding carboxylic acids is 1. The maximum atomic E-state index is 12.8. The van der Waals surface area contributed by atoms with Gasteiger partial charge in [0.2, 0.25) is 0 Å². The zero-order chi connectivity index (χ0) is 16.2. The molecule has 1 aromatic carbocycles. The van der Waals surface area contributed by atoms with Crippen LogP contribution in [0.3, 0.4) is 0 Å². The van der Waals surface area contributed by atoms with Crippen molar-refractivity contribution in [3.05, 3.63) is 53.1 Å². The van der Waals surface area contributed by atoms with Gasteiger partial charge in [-0.05, 0) is 50.8 Å². The second-order valence-electron chi connectivity index (χ2n) is 6.12. The summed E-state index contributed by atoms with van der Waals surface area (Å²) in [4.78, 5) is 19.1. The quantitative estimate of drug-likeness (QED) is 0.851. The zero-order valence-electron chi connectivity index (χ0n) is 13.4. The molecule has 23 heavy (non-hydrogen) atoms. The van der Waals surface area contributed by atoms with Gasteiger partial charge in [-0.25, -0.2) is 4.98 Å². The van der Waals surface area contributed by atoms with Crippen molar-refractivity contribution >= 4 is 17.5 Å². The Balaban J connectivity index is 1.71. The lowest BCUT2D eigenvalue weighted by atomic mass is 9.98. The van der Waals surface area contributed by atoms with Gasteiger partial charge in [0.25, 0.3) is 5.91 Å². The summed E-state index contributed by atoms with van der Waals surface area (Å²) in [5.41, 5.74) is 0.684. The van der Waals surface area contributed by atoms with E-state index >= 15 is 0 Å². The van der Waals surface area contributed by atoms with Crippen LogP contribution in [0.1, 0.15) is 41.9 Å². The maximum absolute atomic E-state index is 12.8. The molecular formula is C18H22ClN3O. The highest BCUT2D eigenvalue weighted by Crippen LogP contribution is 2.23. The number of hydrogen-bond donors (Lipinski definition) is 0. The summed E-state index contributed by atoms with van der Waals surface area (Å²) in [6.07, 6.45) is 8.12. The fraction of sp³-hybridized carbons (Fsp3) is 0.444. The van der Waals surface area contributed by atoms with E-state index in [4.69, 9.17) is 11.6 Å². The van der Waals surface area contributed by atoms with E-state index in [0.29, 0.717) is 10.6 Å². The van der Waals surface area contributed by atoms with Crippen LogP contribution in [-0.4, -0.2) is 32.9 Å². The molecule has 4 nitrogen and oxygen atoms in total. The number of likely N-dealkylation sites (tertiary alicyclic amines) is 1. The Morgan fingerprint density at radius 3 is 3.00 bits per heavy atom. The number of nitrogens with zero attached hydrogens (tertiary/aromatic N) is 3. The van der Waals surface area contributed by atoms with Gasteiger partial charge < -0.3 is 9.47 Å². The predicted molar refractivity (Wildman–Crippen MR) is 91.7 cm³/mol. The molecule has 1 aliphatic heterocycles. The van der Waals surface area contributed by atoms with Gasteiger partial charge in [0, 0.05) is 42.1 Å². The number of amides is 1. The molecule has 2 aromatic rings. The lowest BCUT2D eigenvalue weighted by Crippen LogP contribution is -2.44. The molecule has 1 aromatic heterocycles. The molecule has 122 valence electrons. The van der Waals surface area contributed by atoms with Crippen LogP contribution in [0.15, 0.2) is 36.7 Å². The van der Waals surface area contributed by atoms with Crippen molar-refractivity contribution in [3.63, 3.8) is 0 Å². The van der Waals surface area contributed by atoms with Crippen molar-refractivity contribution in [1.82, 2.24) is 14.5 Å². The lowest BCUT2D eigenvalue weighted by molar-refractivity contribution is 0.0595. The summed E-state index contributed by atoms with van der Waals surface area (Å²) in [6.45, 7) is 3.74. The maximum Gasteiger partial charge on any atom is 0.254 e. The Morgan fingerprint density at radius 2 is 2.26 bits per heavy atom. The third-order valence-electron chi connectivity index (χ3n) is 4.59. The summed E-state index contributed by atoms with van der Waals surface area (Å²) in [5, 5.41) is 0.610. The molecule has 0 radical (unpaired) electrons. The Hall–Kier alpha value is -1.81. The van der Waals surface area contributed by atoms with Crippen LogP contribution < -0.4 is 0 Å². The Morgan fingerprint density at radius 1 is 1.39 bits per heavy atom. The second-order valence-corrected chi connectivity index (χ2v) is 6.55. The van der Waals surface area contributed by atoms with E-state index in [1.165, 1.54) is 6.42 Å². The van der Waals surface area contributed by atoms with Gasteiger partial charge in [-0.3, -0.25) is 4.79 Å². The number of aryl methyl sites for hydroxylation is 2. The number of aromatic nitrogens is 2. The second kappa shape index (κ2) is 7.18. The summed E-state index contributed by atoms with van der Waals surface area (Å²) in [5.74, 6) is 1.12. The topological polar surface area (TPSA) is 38.1 Å². The van der Waals surface area contributed by atoms with Crippen LogP contribution >= 0.6 is 11.6 Å².